The summed E-state index contributed by atoms with van der Waals surface area (Å²) in [4.78, 5) is 8.36. The Labute approximate surface area is 60.1 Å². The highest BCUT2D eigenvalue weighted by molar-refractivity contribution is 5.32. The SMILES string of the molecule is CC(C)(CO)CO.O=CO. The number of hydrogen-bond acceptors (Lipinski definition) is 3. The van der Waals surface area contributed by atoms with Gasteiger partial charge in [0.2, 0.25) is 0 Å². The number of aliphatic hydroxyl groups is 2. The average molecular weight is 150 g/mol. The second-order valence-corrected chi connectivity index (χ2v) is 2.59. The Morgan fingerprint density at radius 2 is 1.50 bits per heavy atom. The van der Waals surface area contributed by atoms with E-state index in [4.69, 9.17) is 20.1 Å². The largest absolute Gasteiger partial charge is 0.483 e. The fraction of sp³-hybridized carbons (Fsp3) is 0.833. The highest BCUT2D eigenvalue weighted by atomic mass is 16.3. The lowest BCUT2D eigenvalue weighted by Gasteiger charge is -2.16. The predicted octanol–water partition coefficient (Wildman–Crippen LogP) is -0.302. The van der Waals surface area contributed by atoms with Crippen molar-refractivity contribution in [3.8, 4) is 0 Å². The molecule has 0 aromatic heterocycles. The molecule has 0 aliphatic heterocycles. The molecule has 0 saturated heterocycles. The summed E-state index contributed by atoms with van der Waals surface area (Å²) in [6, 6.07) is 0. The molecule has 0 aromatic carbocycles. The number of carboxylic acid groups (broad SMARTS) is 1. The first-order chi connectivity index (χ1) is 4.54. The maximum atomic E-state index is 8.43. The van der Waals surface area contributed by atoms with Gasteiger partial charge in [0.1, 0.15) is 0 Å². The van der Waals surface area contributed by atoms with E-state index in [1.807, 2.05) is 0 Å². The maximum Gasteiger partial charge on any atom is 0.290 e. The molecule has 0 unspecified atom stereocenters. The van der Waals surface area contributed by atoms with E-state index in [1.54, 1.807) is 13.8 Å². The third-order valence-corrected chi connectivity index (χ3v) is 0.856. The maximum absolute atomic E-state index is 8.43. The number of hydrogen-bond donors (Lipinski definition) is 3. The lowest BCUT2D eigenvalue weighted by atomic mass is 9.97. The van der Waals surface area contributed by atoms with Gasteiger partial charge < -0.3 is 15.3 Å². The number of aliphatic hydroxyl groups excluding tert-OH is 2. The molecule has 62 valence electrons. The van der Waals surface area contributed by atoms with E-state index in [0.29, 0.717) is 0 Å². The number of rotatable bonds is 2. The highest BCUT2D eigenvalue weighted by Crippen LogP contribution is 2.10. The molecule has 0 rings (SSSR count). The van der Waals surface area contributed by atoms with Crippen LogP contribution in [-0.2, 0) is 4.79 Å². The van der Waals surface area contributed by atoms with E-state index < -0.39 is 0 Å². The first kappa shape index (κ1) is 12.1. The van der Waals surface area contributed by atoms with Crippen molar-refractivity contribution in [1.82, 2.24) is 0 Å². The van der Waals surface area contributed by atoms with Crippen LogP contribution in [0, 0.1) is 5.41 Å². The van der Waals surface area contributed by atoms with E-state index in [9.17, 15) is 0 Å². The summed E-state index contributed by atoms with van der Waals surface area (Å²) in [6.07, 6.45) is 0. The molecule has 0 bridgehead atoms. The van der Waals surface area contributed by atoms with Crippen LogP contribution in [0.2, 0.25) is 0 Å². The topological polar surface area (TPSA) is 77.8 Å². The number of carbonyl (C=O) groups is 1. The molecule has 4 nitrogen and oxygen atoms in total. The first-order valence-electron chi connectivity index (χ1n) is 2.83. The highest BCUT2D eigenvalue weighted by Gasteiger charge is 2.13. The summed E-state index contributed by atoms with van der Waals surface area (Å²) in [5.74, 6) is 0. The van der Waals surface area contributed by atoms with E-state index in [0.717, 1.165) is 0 Å². The van der Waals surface area contributed by atoms with Crippen LogP contribution in [0.3, 0.4) is 0 Å². The molecule has 0 spiro atoms. The van der Waals surface area contributed by atoms with Crippen molar-refractivity contribution in [2.24, 2.45) is 5.41 Å². The summed E-state index contributed by atoms with van der Waals surface area (Å²) in [5.41, 5.74) is -0.306. The van der Waals surface area contributed by atoms with Crippen molar-refractivity contribution in [2.75, 3.05) is 13.2 Å². The fourth-order valence-corrected chi connectivity index (χ4v) is 0.0500. The van der Waals surface area contributed by atoms with Gasteiger partial charge in [0, 0.05) is 5.41 Å². The molecular weight excluding hydrogens is 136 g/mol. The summed E-state index contributed by atoms with van der Waals surface area (Å²) < 4.78 is 0. The summed E-state index contributed by atoms with van der Waals surface area (Å²) in [5, 5.41) is 23.8. The van der Waals surface area contributed by atoms with Crippen LogP contribution in [0.25, 0.3) is 0 Å². The Hall–Kier alpha value is -0.610. The van der Waals surface area contributed by atoms with Crippen molar-refractivity contribution in [1.29, 1.82) is 0 Å². The lowest BCUT2D eigenvalue weighted by molar-refractivity contribution is -0.122. The molecule has 0 amide bonds. The quantitative estimate of drug-likeness (QED) is 0.472. The second-order valence-electron chi connectivity index (χ2n) is 2.59. The molecule has 0 radical (unpaired) electrons. The monoisotopic (exact) mass is 150 g/mol. The van der Waals surface area contributed by atoms with Crippen LogP contribution < -0.4 is 0 Å². The van der Waals surface area contributed by atoms with E-state index >= 15 is 0 Å². The Kier molecular flexibility index (Phi) is 7.88. The third-order valence-electron chi connectivity index (χ3n) is 0.856. The van der Waals surface area contributed by atoms with E-state index in [2.05, 4.69) is 0 Å². The summed E-state index contributed by atoms with van der Waals surface area (Å²) in [7, 11) is 0. The van der Waals surface area contributed by atoms with Gasteiger partial charge in [-0.25, -0.2) is 0 Å². The standard InChI is InChI=1S/C5H12O2.CH2O2/c1-5(2,3-6)4-7;2-1-3/h6-7H,3-4H2,1-2H3;1H,(H,2,3). The first-order valence-corrected chi connectivity index (χ1v) is 2.83. The van der Waals surface area contributed by atoms with E-state index in [-0.39, 0.29) is 25.1 Å². The molecule has 10 heavy (non-hydrogen) atoms. The van der Waals surface area contributed by atoms with Crippen LogP contribution in [0.4, 0.5) is 0 Å². The zero-order valence-electron chi connectivity index (χ0n) is 6.24. The van der Waals surface area contributed by atoms with Gasteiger partial charge in [-0.1, -0.05) is 13.8 Å². The Balaban J connectivity index is 0. The van der Waals surface area contributed by atoms with Crippen LogP contribution in [0.5, 0.6) is 0 Å². The second kappa shape index (κ2) is 6.51. The smallest absolute Gasteiger partial charge is 0.290 e. The van der Waals surface area contributed by atoms with Gasteiger partial charge in [0.25, 0.3) is 6.47 Å². The molecular formula is C6H14O4. The Morgan fingerprint density at radius 3 is 1.50 bits per heavy atom. The van der Waals surface area contributed by atoms with Crippen LogP contribution in [0.15, 0.2) is 0 Å². The van der Waals surface area contributed by atoms with Gasteiger partial charge in [-0.3, -0.25) is 4.79 Å². The van der Waals surface area contributed by atoms with Crippen molar-refractivity contribution in [3.05, 3.63) is 0 Å². The van der Waals surface area contributed by atoms with Gasteiger partial charge in [0.15, 0.2) is 0 Å². The Morgan fingerprint density at radius 1 is 1.30 bits per heavy atom. The van der Waals surface area contributed by atoms with Crippen LogP contribution in [0.1, 0.15) is 13.8 Å². The van der Waals surface area contributed by atoms with Gasteiger partial charge in [-0.15, -0.1) is 0 Å². The van der Waals surface area contributed by atoms with Crippen molar-refractivity contribution in [3.63, 3.8) is 0 Å². The average Bonchev–Trinajstić information content (AvgIpc) is 1.90. The minimum atomic E-state index is -0.306. The molecule has 0 aromatic rings. The van der Waals surface area contributed by atoms with Crippen molar-refractivity contribution in [2.45, 2.75) is 13.8 Å². The molecule has 0 atom stereocenters. The summed E-state index contributed by atoms with van der Waals surface area (Å²) in [6.45, 7) is 3.44. The molecule has 0 aliphatic rings. The fourth-order valence-electron chi connectivity index (χ4n) is 0.0500. The Bertz CT molecular complexity index is 73.8. The minimum absolute atomic E-state index is 0.0451. The molecule has 0 heterocycles. The lowest BCUT2D eigenvalue weighted by Crippen LogP contribution is -2.20. The predicted molar refractivity (Wildman–Crippen MR) is 36.6 cm³/mol. The van der Waals surface area contributed by atoms with Gasteiger partial charge in [-0.05, 0) is 0 Å². The normalized spacial score (nSPS) is 9.60. The summed E-state index contributed by atoms with van der Waals surface area (Å²) >= 11 is 0. The molecule has 0 saturated carbocycles. The van der Waals surface area contributed by atoms with Crippen molar-refractivity contribution >= 4 is 6.47 Å². The van der Waals surface area contributed by atoms with Gasteiger partial charge in [-0.2, -0.15) is 0 Å². The van der Waals surface area contributed by atoms with Gasteiger partial charge >= 0.3 is 0 Å². The molecule has 0 fully saturated rings. The van der Waals surface area contributed by atoms with E-state index in [1.165, 1.54) is 0 Å². The molecule has 0 aliphatic carbocycles. The van der Waals surface area contributed by atoms with Crippen molar-refractivity contribution < 1.29 is 20.1 Å². The van der Waals surface area contributed by atoms with Gasteiger partial charge in [0.05, 0.1) is 13.2 Å². The minimum Gasteiger partial charge on any atom is -0.483 e. The molecule has 3 N–H and O–H groups in total. The molecule has 4 heteroatoms. The van der Waals surface area contributed by atoms with Crippen LogP contribution in [-0.4, -0.2) is 35.0 Å². The zero-order valence-corrected chi connectivity index (χ0v) is 6.24. The zero-order chi connectivity index (χ0) is 8.62. The van der Waals surface area contributed by atoms with Crippen LogP contribution >= 0.6 is 0 Å². The third kappa shape index (κ3) is 10.4.